The summed E-state index contributed by atoms with van der Waals surface area (Å²) >= 11 is 3.31. The Morgan fingerprint density at radius 3 is 1.33 bits per heavy atom. The molecule has 0 fully saturated rings. The molecular weight excluding hydrogens is 768 g/mol. The maximum absolute atomic E-state index is 13.7. The Morgan fingerprint density at radius 1 is 0.491 bits per heavy atom. The lowest BCUT2D eigenvalue weighted by molar-refractivity contribution is 0.0586. The molecule has 1 N–H and O–H groups in total. The lowest BCUT2D eigenvalue weighted by Gasteiger charge is -2.23. The van der Waals surface area contributed by atoms with Gasteiger partial charge in [0.1, 0.15) is 32.0 Å². The normalized spacial score (nSPS) is 10.6. The zero-order chi connectivity index (χ0) is 38.6. The molecular formula is C44H37BrO10. The number of ether oxygens (including phenoxy) is 7. The van der Waals surface area contributed by atoms with E-state index in [0.29, 0.717) is 0 Å². The molecule has 6 aromatic rings. The Hall–Kier alpha value is -6.46. The molecule has 0 heterocycles. The number of aromatic hydroxyl groups is 1. The average molecular weight is 806 g/mol. The minimum Gasteiger partial charge on any atom is -0.503 e. The molecule has 0 bridgehead atoms. The first-order valence-electron chi connectivity index (χ1n) is 17.1. The quantitative estimate of drug-likeness (QED) is 0.0948. The maximum Gasteiger partial charge on any atom is 0.341 e. The van der Waals surface area contributed by atoms with E-state index >= 15 is 0 Å². The summed E-state index contributed by atoms with van der Waals surface area (Å²) in [7, 11) is 2.44. The van der Waals surface area contributed by atoms with E-state index in [-0.39, 0.29) is 76.5 Å². The Morgan fingerprint density at radius 2 is 0.873 bits per heavy atom. The summed E-state index contributed by atoms with van der Waals surface area (Å²) in [5.74, 6) is -2.15. The topological polar surface area (TPSA) is 119 Å². The van der Waals surface area contributed by atoms with Gasteiger partial charge in [-0.05, 0) is 38.2 Å². The zero-order valence-electron chi connectivity index (χ0n) is 30.0. The van der Waals surface area contributed by atoms with Gasteiger partial charge in [0.15, 0.2) is 23.0 Å². The first-order chi connectivity index (χ1) is 26.9. The second kappa shape index (κ2) is 18.5. The van der Waals surface area contributed by atoms with E-state index in [0.717, 1.165) is 22.3 Å². The van der Waals surface area contributed by atoms with Gasteiger partial charge < -0.3 is 38.3 Å². The standard InChI is InChI=1S/C44H37BrO10/c1-49-43(47)33-23-36(40(38(46)37(33)45)52-26-30-17-9-4-10-18-30)55-39-34(44(48)50-2)24-35(51-25-29-15-7-3-8-16-29)41(53-27-31-19-11-5-12-20-31)42(39)54-28-32-21-13-6-14-22-32/h3-24,46H,25-28H2,1-2H3. The fraction of sp³-hybridized carbons (Fsp3) is 0.136. The number of hydrogen-bond acceptors (Lipinski definition) is 10. The summed E-state index contributed by atoms with van der Waals surface area (Å²) in [6, 6.07) is 40.5. The first kappa shape index (κ1) is 38.3. The van der Waals surface area contributed by atoms with Gasteiger partial charge in [-0.25, -0.2) is 9.59 Å². The molecule has 0 aliphatic carbocycles. The number of hydrogen-bond donors (Lipinski definition) is 1. The van der Waals surface area contributed by atoms with E-state index in [4.69, 9.17) is 33.2 Å². The Bertz CT molecular complexity index is 2210. The molecule has 0 saturated carbocycles. The monoisotopic (exact) mass is 804 g/mol. The van der Waals surface area contributed by atoms with Gasteiger partial charge in [0.2, 0.25) is 17.2 Å². The number of benzene rings is 6. The molecule has 6 aromatic carbocycles. The molecule has 0 atom stereocenters. The van der Waals surface area contributed by atoms with Crippen LogP contribution in [0.4, 0.5) is 0 Å². The Kier molecular flexibility index (Phi) is 12.9. The number of carbonyl (C=O) groups excluding carboxylic acids is 2. The van der Waals surface area contributed by atoms with Crippen LogP contribution >= 0.6 is 15.9 Å². The summed E-state index contributed by atoms with van der Waals surface area (Å²) in [6.07, 6.45) is 0. The van der Waals surface area contributed by atoms with Gasteiger partial charge in [0.25, 0.3) is 0 Å². The molecule has 10 nitrogen and oxygen atoms in total. The van der Waals surface area contributed by atoms with Gasteiger partial charge in [0, 0.05) is 12.1 Å². The summed E-state index contributed by atoms with van der Waals surface area (Å²) in [5.41, 5.74) is 3.14. The van der Waals surface area contributed by atoms with E-state index in [1.807, 2.05) is 121 Å². The van der Waals surface area contributed by atoms with Crippen molar-refractivity contribution in [3.05, 3.63) is 171 Å². The molecule has 6 rings (SSSR count). The number of phenolic OH excluding ortho intramolecular Hbond substituents is 1. The molecule has 0 unspecified atom stereocenters. The molecule has 0 aromatic heterocycles. The summed E-state index contributed by atoms with van der Waals surface area (Å²) in [6.45, 7) is 0.270. The molecule has 55 heavy (non-hydrogen) atoms. The highest BCUT2D eigenvalue weighted by molar-refractivity contribution is 9.10. The maximum atomic E-state index is 13.7. The van der Waals surface area contributed by atoms with Crippen LogP contribution in [0.25, 0.3) is 0 Å². The highest BCUT2D eigenvalue weighted by Crippen LogP contribution is 2.53. The molecule has 11 heteroatoms. The third-order valence-corrected chi connectivity index (χ3v) is 9.06. The lowest BCUT2D eigenvalue weighted by Crippen LogP contribution is -2.11. The molecule has 0 amide bonds. The van der Waals surface area contributed by atoms with E-state index in [2.05, 4.69) is 15.9 Å². The van der Waals surface area contributed by atoms with Gasteiger partial charge >= 0.3 is 11.9 Å². The van der Waals surface area contributed by atoms with Gasteiger partial charge in [-0.15, -0.1) is 0 Å². The molecule has 0 radical (unpaired) electrons. The number of phenols is 1. The second-order valence-corrected chi connectivity index (χ2v) is 12.8. The van der Waals surface area contributed by atoms with Crippen LogP contribution in [-0.4, -0.2) is 31.3 Å². The zero-order valence-corrected chi connectivity index (χ0v) is 31.6. The van der Waals surface area contributed by atoms with Crippen LogP contribution in [0.2, 0.25) is 0 Å². The minimum absolute atomic E-state index is 0.0122. The van der Waals surface area contributed by atoms with Crippen molar-refractivity contribution in [3.63, 3.8) is 0 Å². The number of esters is 2. The highest BCUT2D eigenvalue weighted by atomic mass is 79.9. The van der Waals surface area contributed by atoms with Crippen molar-refractivity contribution in [3.8, 4) is 40.2 Å². The van der Waals surface area contributed by atoms with Crippen LogP contribution in [0.3, 0.4) is 0 Å². The predicted molar refractivity (Wildman–Crippen MR) is 208 cm³/mol. The van der Waals surface area contributed by atoms with E-state index in [1.165, 1.54) is 26.4 Å². The largest absolute Gasteiger partial charge is 0.503 e. The van der Waals surface area contributed by atoms with Crippen molar-refractivity contribution in [1.29, 1.82) is 0 Å². The summed E-state index contributed by atoms with van der Waals surface area (Å²) in [5, 5.41) is 11.5. The SMILES string of the molecule is COC(=O)c1cc(Oc2c(C(=O)OC)cc(OCc3ccccc3)c(OCc3ccccc3)c2OCc2ccccc2)c(OCc2ccccc2)c(O)c1Br. The van der Waals surface area contributed by atoms with Gasteiger partial charge in [0.05, 0.1) is 24.3 Å². The van der Waals surface area contributed by atoms with Crippen LogP contribution in [0.1, 0.15) is 43.0 Å². The number of methoxy groups -OCH3 is 2. The fourth-order valence-electron chi connectivity index (χ4n) is 5.45. The molecule has 280 valence electrons. The van der Waals surface area contributed by atoms with Gasteiger partial charge in [-0.2, -0.15) is 0 Å². The van der Waals surface area contributed by atoms with Gasteiger partial charge in [-0.1, -0.05) is 121 Å². The lowest BCUT2D eigenvalue weighted by atomic mass is 10.1. The summed E-state index contributed by atoms with van der Waals surface area (Å²) < 4.78 is 42.4. The first-order valence-corrected chi connectivity index (χ1v) is 17.9. The number of halogens is 1. The fourth-order valence-corrected chi connectivity index (χ4v) is 5.91. The van der Waals surface area contributed by atoms with Crippen LogP contribution in [-0.2, 0) is 35.9 Å². The summed E-state index contributed by atoms with van der Waals surface area (Å²) in [4.78, 5) is 26.6. The predicted octanol–water partition coefficient (Wildman–Crippen LogP) is 9.84. The van der Waals surface area contributed by atoms with Crippen LogP contribution in [0, 0.1) is 0 Å². The van der Waals surface area contributed by atoms with Gasteiger partial charge in [-0.3, -0.25) is 0 Å². The molecule has 0 aliphatic heterocycles. The van der Waals surface area contributed by atoms with Crippen molar-refractivity contribution in [2.24, 2.45) is 0 Å². The van der Waals surface area contributed by atoms with Crippen molar-refractivity contribution in [2.75, 3.05) is 14.2 Å². The van der Waals surface area contributed by atoms with Crippen molar-refractivity contribution < 1.29 is 47.9 Å². The van der Waals surface area contributed by atoms with E-state index in [9.17, 15) is 14.7 Å². The third kappa shape index (κ3) is 9.56. The number of carbonyl (C=O) groups is 2. The molecule has 0 aliphatic rings. The third-order valence-electron chi connectivity index (χ3n) is 8.25. The van der Waals surface area contributed by atoms with Crippen LogP contribution < -0.4 is 23.7 Å². The highest BCUT2D eigenvalue weighted by Gasteiger charge is 2.31. The number of rotatable bonds is 16. The van der Waals surface area contributed by atoms with Crippen LogP contribution in [0.5, 0.6) is 40.2 Å². The minimum atomic E-state index is -0.792. The van der Waals surface area contributed by atoms with Crippen molar-refractivity contribution in [1.82, 2.24) is 0 Å². The van der Waals surface area contributed by atoms with Crippen molar-refractivity contribution >= 4 is 27.9 Å². The van der Waals surface area contributed by atoms with E-state index in [1.54, 1.807) is 0 Å². The average Bonchev–Trinajstić information content (AvgIpc) is 3.23. The van der Waals surface area contributed by atoms with E-state index < -0.39 is 17.7 Å². The van der Waals surface area contributed by atoms with Crippen LogP contribution in [0.15, 0.2) is 138 Å². The smallest absolute Gasteiger partial charge is 0.341 e. The Balaban J connectivity index is 1.55. The molecule has 0 spiro atoms. The Labute approximate surface area is 326 Å². The second-order valence-electron chi connectivity index (χ2n) is 12.0. The van der Waals surface area contributed by atoms with Crippen molar-refractivity contribution in [2.45, 2.75) is 26.4 Å². The molecule has 0 saturated heterocycles.